The van der Waals surface area contributed by atoms with Crippen molar-refractivity contribution in [2.75, 3.05) is 13.7 Å². The van der Waals surface area contributed by atoms with E-state index in [1.54, 1.807) is 7.11 Å². The first kappa shape index (κ1) is 19.6. The van der Waals surface area contributed by atoms with Crippen molar-refractivity contribution >= 4 is 34.1 Å². The van der Waals surface area contributed by atoms with Gasteiger partial charge in [0.15, 0.2) is 0 Å². The number of fused-ring (bicyclic) bond motifs is 1. The van der Waals surface area contributed by atoms with Crippen molar-refractivity contribution in [2.24, 2.45) is 0 Å². The topological polar surface area (TPSA) is 73.6 Å². The van der Waals surface area contributed by atoms with Gasteiger partial charge in [0, 0.05) is 5.02 Å². The Bertz CT molecular complexity index is 989. The molecule has 0 bridgehead atoms. The number of ether oxygens (including phenoxy) is 2. The normalized spacial score (nSPS) is 12.3. The maximum Gasteiger partial charge on any atom is 0.261 e. The molecule has 0 spiro atoms. The second-order valence-electron chi connectivity index (χ2n) is 6.00. The van der Waals surface area contributed by atoms with Crippen molar-refractivity contribution < 1.29 is 14.6 Å². The molecule has 0 fully saturated rings. The lowest BCUT2D eigenvalue weighted by Gasteiger charge is -2.14. The van der Waals surface area contributed by atoms with Crippen LogP contribution in [0.5, 0.6) is 5.75 Å². The van der Waals surface area contributed by atoms with Gasteiger partial charge in [0.1, 0.15) is 5.75 Å². The fourth-order valence-corrected chi connectivity index (χ4v) is 3.18. The molecule has 3 aromatic rings. The average Bonchev–Trinajstić information content (AvgIpc) is 2.65. The van der Waals surface area contributed by atoms with Gasteiger partial charge in [-0.15, -0.1) is 0 Å². The van der Waals surface area contributed by atoms with E-state index >= 15 is 0 Å². The summed E-state index contributed by atoms with van der Waals surface area (Å²) < 4.78 is 11.9. The Kier molecular flexibility index (Phi) is 6.34. The Morgan fingerprint density at radius 3 is 2.67 bits per heavy atom. The van der Waals surface area contributed by atoms with E-state index in [2.05, 4.69) is 4.98 Å². The monoisotopic (exact) mass is 408 g/mol. The number of halogens is 2. The minimum atomic E-state index is -0.866. The van der Waals surface area contributed by atoms with Gasteiger partial charge in [0.2, 0.25) is 0 Å². The fraction of sp³-hybridized carbons (Fsp3) is 0.263. The SMILES string of the molecule is COc1ccc(COCC(O)Cn2cnc3c(Cl)cc(Cl)cc3c2=O)cc1. The Morgan fingerprint density at radius 1 is 1.22 bits per heavy atom. The summed E-state index contributed by atoms with van der Waals surface area (Å²) in [6, 6.07) is 10.5. The molecule has 1 N–H and O–H groups in total. The lowest BCUT2D eigenvalue weighted by Crippen LogP contribution is -2.29. The number of aliphatic hydroxyl groups is 1. The lowest BCUT2D eigenvalue weighted by molar-refractivity contribution is 0.0198. The molecule has 0 radical (unpaired) electrons. The van der Waals surface area contributed by atoms with Gasteiger partial charge in [-0.2, -0.15) is 0 Å². The summed E-state index contributed by atoms with van der Waals surface area (Å²) in [5.74, 6) is 0.766. The number of hydrogen-bond donors (Lipinski definition) is 1. The average molecular weight is 409 g/mol. The van der Waals surface area contributed by atoms with Gasteiger partial charge in [0.25, 0.3) is 5.56 Å². The Balaban J connectivity index is 1.62. The Labute approximate surface area is 165 Å². The molecule has 6 nitrogen and oxygen atoms in total. The van der Waals surface area contributed by atoms with Gasteiger partial charge in [-0.1, -0.05) is 35.3 Å². The maximum absolute atomic E-state index is 12.6. The number of hydrogen-bond acceptors (Lipinski definition) is 5. The molecule has 0 amide bonds. The highest BCUT2D eigenvalue weighted by atomic mass is 35.5. The molecule has 8 heteroatoms. The van der Waals surface area contributed by atoms with Crippen LogP contribution in [0.15, 0.2) is 47.5 Å². The van der Waals surface area contributed by atoms with E-state index in [0.29, 0.717) is 27.6 Å². The molecule has 0 aliphatic heterocycles. The van der Waals surface area contributed by atoms with Crippen LogP contribution >= 0.6 is 23.2 Å². The fourth-order valence-electron chi connectivity index (χ4n) is 2.64. The first-order valence-electron chi connectivity index (χ1n) is 8.21. The molecule has 2 aromatic carbocycles. The molecule has 1 heterocycles. The molecule has 142 valence electrons. The number of aliphatic hydroxyl groups excluding tert-OH is 1. The third kappa shape index (κ3) is 4.78. The molecular formula is C19H18Cl2N2O4. The lowest BCUT2D eigenvalue weighted by atomic mass is 10.2. The van der Waals surface area contributed by atoms with Crippen molar-refractivity contribution in [3.8, 4) is 5.75 Å². The second-order valence-corrected chi connectivity index (χ2v) is 6.85. The summed E-state index contributed by atoms with van der Waals surface area (Å²) in [5.41, 5.74) is 1.02. The van der Waals surface area contributed by atoms with Crippen LogP contribution in [0.1, 0.15) is 5.56 Å². The van der Waals surface area contributed by atoms with Gasteiger partial charge < -0.3 is 14.6 Å². The molecule has 3 rings (SSSR count). The van der Waals surface area contributed by atoms with E-state index < -0.39 is 6.10 Å². The zero-order valence-electron chi connectivity index (χ0n) is 14.6. The molecular weight excluding hydrogens is 391 g/mol. The molecule has 0 aliphatic carbocycles. The van der Waals surface area contributed by atoms with Gasteiger partial charge >= 0.3 is 0 Å². The van der Waals surface area contributed by atoms with Gasteiger partial charge in [0.05, 0.1) is 55.2 Å². The predicted molar refractivity (Wildman–Crippen MR) is 105 cm³/mol. The van der Waals surface area contributed by atoms with Crippen LogP contribution in [0, 0.1) is 0 Å². The smallest absolute Gasteiger partial charge is 0.261 e. The second kappa shape index (κ2) is 8.71. The van der Waals surface area contributed by atoms with Gasteiger partial charge in [-0.05, 0) is 29.8 Å². The molecule has 0 aliphatic rings. The molecule has 27 heavy (non-hydrogen) atoms. The number of nitrogens with zero attached hydrogens (tertiary/aromatic N) is 2. The summed E-state index contributed by atoms with van der Waals surface area (Å²) in [5, 5.41) is 11.2. The van der Waals surface area contributed by atoms with Crippen LogP contribution < -0.4 is 10.3 Å². The largest absolute Gasteiger partial charge is 0.497 e. The highest BCUT2D eigenvalue weighted by molar-refractivity contribution is 6.38. The van der Waals surface area contributed by atoms with Crippen molar-refractivity contribution in [1.82, 2.24) is 9.55 Å². The number of rotatable bonds is 7. The summed E-state index contributed by atoms with van der Waals surface area (Å²) in [6.45, 7) is 0.471. The number of aromatic nitrogens is 2. The van der Waals surface area contributed by atoms with Crippen LogP contribution in [0.4, 0.5) is 0 Å². The molecule has 1 atom stereocenters. The van der Waals surface area contributed by atoms with E-state index in [1.807, 2.05) is 24.3 Å². The summed E-state index contributed by atoms with van der Waals surface area (Å²) in [7, 11) is 1.60. The third-order valence-corrected chi connectivity index (χ3v) is 4.50. The van der Waals surface area contributed by atoms with E-state index in [-0.39, 0.29) is 18.7 Å². The minimum Gasteiger partial charge on any atom is -0.497 e. The van der Waals surface area contributed by atoms with E-state index in [4.69, 9.17) is 32.7 Å². The van der Waals surface area contributed by atoms with Crippen LogP contribution in [-0.2, 0) is 17.9 Å². The zero-order chi connectivity index (χ0) is 19.4. The molecule has 1 aromatic heterocycles. The van der Waals surface area contributed by atoms with Crippen molar-refractivity contribution in [3.63, 3.8) is 0 Å². The standard InChI is InChI=1S/C19H18Cl2N2O4/c1-26-15-4-2-12(3-5-15)9-27-10-14(24)8-23-11-22-18-16(19(23)25)6-13(20)7-17(18)21/h2-7,11,14,24H,8-10H2,1H3. The first-order valence-corrected chi connectivity index (χ1v) is 8.96. The Hall–Kier alpha value is -2.12. The van der Waals surface area contributed by atoms with E-state index in [1.165, 1.54) is 23.0 Å². The van der Waals surface area contributed by atoms with Crippen LogP contribution in [0.3, 0.4) is 0 Å². The molecule has 0 saturated heterocycles. The van der Waals surface area contributed by atoms with E-state index in [9.17, 15) is 9.90 Å². The van der Waals surface area contributed by atoms with Gasteiger partial charge in [-0.25, -0.2) is 4.98 Å². The number of methoxy groups -OCH3 is 1. The first-order chi connectivity index (χ1) is 13.0. The third-order valence-electron chi connectivity index (χ3n) is 3.99. The minimum absolute atomic E-state index is 0.0501. The van der Waals surface area contributed by atoms with Crippen LogP contribution in [0.25, 0.3) is 10.9 Å². The summed E-state index contributed by atoms with van der Waals surface area (Å²) in [4.78, 5) is 16.8. The van der Waals surface area contributed by atoms with Crippen LogP contribution in [0.2, 0.25) is 10.0 Å². The molecule has 1 unspecified atom stereocenters. The highest BCUT2D eigenvalue weighted by Crippen LogP contribution is 2.24. The highest BCUT2D eigenvalue weighted by Gasteiger charge is 2.12. The predicted octanol–water partition coefficient (Wildman–Crippen LogP) is 3.29. The van der Waals surface area contributed by atoms with Crippen molar-refractivity contribution in [2.45, 2.75) is 19.3 Å². The summed E-state index contributed by atoms with van der Waals surface area (Å²) >= 11 is 12.0. The van der Waals surface area contributed by atoms with Crippen molar-refractivity contribution in [1.29, 1.82) is 0 Å². The van der Waals surface area contributed by atoms with Gasteiger partial charge in [-0.3, -0.25) is 9.36 Å². The zero-order valence-corrected chi connectivity index (χ0v) is 16.1. The maximum atomic E-state index is 12.6. The molecule has 0 saturated carbocycles. The Morgan fingerprint density at radius 2 is 1.96 bits per heavy atom. The van der Waals surface area contributed by atoms with E-state index in [0.717, 1.165) is 11.3 Å². The number of benzene rings is 2. The van der Waals surface area contributed by atoms with Crippen molar-refractivity contribution in [3.05, 3.63) is 68.7 Å². The summed E-state index contributed by atoms with van der Waals surface area (Å²) in [6.07, 6.45) is 0.492. The quantitative estimate of drug-likeness (QED) is 0.649. The van der Waals surface area contributed by atoms with Crippen LogP contribution in [-0.4, -0.2) is 34.5 Å².